The molecule has 0 spiro atoms. The second-order valence-corrected chi connectivity index (χ2v) is 4.90. The molecule has 1 aromatic carbocycles. The Labute approximate surface area is 111 Å². The number of rotatable bonds is 2. The number of nitrogens with zero attached hydrogens (tertiary/aromatic N) is 1. The van der Waals surface area contributed by atoms with E-state index in [2.05, 4.69) is 0 Å². The Morgan fingerprint density at radius 2 is 2.28 bits per heavy atom. The molecule has 0 radical (unpaired) electrons. The van der Waals surface area contributed by atoms with Gasteiger partial charge >= 0.3 is 0 Å². The lowest BCUT2D eigenvalue weighted by Gasteiger charge is -2.39. The van der Waals surface area contributed by atoms with Gasteiger partial charge in [0, 0.05) is 24.0 Å². The van der Waals surface area contributed by atoms with E-state index in [1.54, 1.807) is 11.0 Å². The first-order chi connectivity index (χ1) is 8.54. The van der Waals surface area contributed by atoms with Crippen molar-refractivity contribution in [3.05, 3.63) is 34.6 Å². The first kappa shape index (κ1) is 13.3. The van der Waals surface area contributed by atoms with Crippen LogP contribution in [-0.4, -0.2) is 23.4 Å². The molecule has 2 atom stereocenters. The summed E-state index contributed by atoms with van der Waals surface area (Å²) in [6.45, 7) is 2.48. The van der Waals surface area contributed by atoms with Crippen molar-refractivity contribution in [2.75, 3.05) is 6.54 Å². The van der Waals surface area contributed by atoms with Gasteiger partial charge in [0.1, 0.15) is 5.82 Å². The molecule has 3 nitrogen and oxygen atoms in total. The van der Waals surface area contributed by atoms with Gasteiger partial charge in [0.15, 0.2) is 0 Å². The van der Waals surface area contributed by atoms with Gasteiger partial charge in [-0.2, -0.15) is 0 Å². The topological polar surface area (TPSA) is 46.3 Å². The number of hydrogen-bond donors (Lipinski definition) is 1. The monoisotopic (exact) mass is 270 g/mol. The molecule has 0 saturated carbocycles. The van der Waals surface area contributed by atoms with E-state index in [1.165, 1.54) is 12.1 Å². The molecule has 5 heteroatoms. The number of nitrogens with two attached hydrogens (primary N) is 1. The zero-order valence-corrected chi connectivity index (χ0v) is 11.0. The number of benzene rings is 1. The molecule has 1 saturated heterocycles. The van der Waals surface area contributed by atoms with Crippen molar-refractivity contribution in [1.29, 1.82) is 0 Å². The Morgan fingerprint density at radius 1 is 1.56 bits per heavy atom. The summed E-state index contributed by atoms with van der Waals surface area (Å²) >= 11 is 6.06. The zero-order chi connectivity index (χ0) is 13.3. The fraction of sp³-hybridized carbons (Fsp3) is 0.462. The van der Waals surface area contributed by atoms with Crippen LogP contribution >= 0.6 is 11.6 Å². The molecule has 1 aromatic rings. The van der Waals surface area contributed by atoms with Crippen LogP contribution in [0.1, 0.15) is 31.4 Å². The van der Waals surface area contributed by atoms with Crippen LogP contribution < -0.4 is 5.73 Å². The molecular formula is C13H16ClFN2O. The molecule has 98 valence electrons. The molecule has 1 heterocycles. The fourth-order valence-electron chi connectivity index (χ4n) is 2.49. The first-order valence-corrected chi connectivity index (χ1v) is 6.42. The third-order valence-electron chi connectivity index (χ3n) is 3.38. The third kappa shape index (κ3) is 2.35. The predicted molar refractivity (Wildman–Crippen MR) is 68.7 cm³/mol. The Bertz CT molecular complexity index is 466. The summed E-state index contributed by atoms with van der Waals surface area (Å²) in [5.41, 5.74) is 6.82. The first-order valence-electron chi connectivity index (χ1n) is 6.04. The summed E-state index contributed by atoms with van der Waals surface area (Å²) in [7, 11) is 0. The summed E-state index contributed by atoms with van der Waals surface area (Å²) in [5.74, 6) is -0.313. The largest absolute Gasteiger partial charge is 0.334 e. The molecule has 2 rings (SSSR count). The van der Waals surface area contributed by atoms with Crippen LogP contribution in [0, 0.1) is 5.82 Å². The van der Waals surface area contributed by atoms with Crippen molar-refractivity contribution in [3.8, 4) is 0 Å². The minimum atomic E-state index is -0.387. The summed E-state index contributed by atoms with van der Waals surface area (Å²) in [4.78, 5) is 13.6. The molecule has 0 aromatic heterocycles. The highest BCUT2D eigenvalue weighted by molar-refractivity contribution is 6.31. The van der Waals surface area contributed by atoms with Gasteiger partial charge < -0.3 is 10.6 Å². The van der Waals surface area contributed by atoms with Gasteiger partial charge in [-0.05, 0) is 31.0 Å². The number of hydrogen-bond acceptors (Lipinski definition) is 2. The molecule has 0 bridgehead atoms. The molecular weight excluding hydrogens is 255 g/mol. The summed E-state index contributed by atoms with van der Waals surface area (Å²) in [6.07, 6.45) is 1.10. The van der Waals surface area contributed by atoms with Crippen LogP contribution in [0.4, 0.5) is 4.39 Å². The van der Waals surface area contributed by atoms with Gasteiger partial charge in [0.05, 0.1) is 6.04 Å². The van der Waals surface area contributed by atoms with E-state index in [1.807, 2.05) is 6.92 Å². The maximum Gasteiger partial charge on any atom is 0.223 e. The molecule has 2 unspecified atom stereocenters. The lowest BCUT2D eigenvalue weighted by atomic mass is 9.90. The van der Waals surface area contributed by atoms with Crippen molar-refractivity contribution in [2.24, 2.45) is 5.73 Å². The van der Waals surface area contributed by atoms with E-state index in [0.29, 0.717) is 24.4 Å². The second-order valence-electron chi connectivity index (χ2n) is 4.49. The third-order valence-corrected chi connectivity index (χ3v) is 3.70. The number of amides is 1. The van der Waals surface area contributed by atoms with Crippen molar-refractivity contribution in [2.45, 2.75) is 31.8 Å². The summed E-state index contributed by atoms with van der Waals surface area (Å²) in [5, 5.41) is 0.323. The highest BCUT2D eigenvalue weighted by atomic mass is 35.5. The molecule has 0 aliphatic carbocycles. The SMILES string of the molecule is CCN1C(=O)CCC(N)C1c1ccc(F)cc1Cl. The van der Waals surface area contributed by atoms with Gasteiger partial charge in [0.2, 0.25) is 5.91 Å². The van der Waals surface area contributed by atoms with E-state index >= 15 is 0 Å². The van der Waals surface area contributed by atoms with Gasteiger partial charge in [-0.1, -0.05) is 17.7 Å². The van der Waals surface area contributed by atoms with E-state index in [0.717, 1.165) is 5.56 Å². The Kier molecular flexibility index (Phi) is 3.88. The quantitative estimate of drug-likeness (QED) is 0.897. The van der Waals surface area contributed by atoms with E-state index in [-0.39, 0.29) is 23.8 Å². The van der Waals surface area contributed by atoms with Gasteiger partial charge in [-0.3, -0.25) is 4.79 Å². The van der Waals surface area contributed by atoms with E-state index in [4.69, 9.17) is 17.3 Å². The Morgan fingerprint density at radius 3 is 2.89 bits per heavy atom. The average Bonchev–Trinajstić information content (AvgIpc) is 2.33. The highest BCUT2D eigenvalue weighted by Crippen LogP contribution is 2.34. The maximum absolute atomic E-state index is 13.1. The van der Waals surface area contributed by atoms with Crippen molar-refractivity contribution >= 4 is 17.5 Å². The molecule has 18 heavy (non-hydrogen) atoms. The molecule has 1 aliphatic rings. The number of likely N-dealkylation sites (tertiary alicyclic amines) is 1. The van der Waals surface area contributed by atoms with E-state index in [9.17, 15) is 9.18 Å². The Hall–Kier alpha value is -1.13. The van der Waals surface area contributed by atoms with Crippen LogP contribution in [-0.2, 0) is 4.79 Å². The predicted octanol–water partition coefficient (Wildman–Crippen LogP) is 2.49. The smallest absolute Gasteiger partial charge is 0.223 e. The standard InChI is InChI=1S/C13H16ClFN2O/c1-2-17-12(18)6-5-11(16)13(17)9-4-3-8(15)7-10(9)14/h3-4,7,11,13H,2,5-6,16H2,1H3. The summed E-state index contributed by atoms with van der Waals surface area (Å²) in [6, 6.07) is 3.80. The highest BCUT2D eigenvalue weighted by Gasteiger charge is 2.34. The van der Waals surface area contributed by atoms with Crippen LogP contribution in [0.5, 0.6) is 0 Å². The van der Waals surface area contributed by atoms with Crippen LogP contribution in [0.25, 0.3) is 0 Å². The number of carbonyl (C=O) groups excluding carboxylic acids is 1. The second kappa shape index (κ2) is 5.24. The molecule has 2 N–H and O–H groups in total. The minimum Gasteiger partial charge on any atom is -0.334 e. The minimum absolute atomic E-state index is 0.0737. The normalized spacial score (nSPS) is 24.4. The molecule has 1 amide bonds. The maximum atomic E-state index is 13.1. The van der Waals surface area contributed by atoms with Crippen molar-refractivity contribution in [1.82, 2.24) is 4.90 Å². The zero-order valence-electron chi connectivity index (χ0n) is 10.2. The number of halogens is 2. The molecule has 1 aliphatic heterocycles. The van der Waals surface area contributed by atoms with Crippen molar-refractivity contribution in [3.63, 3.8) is 0 Å². The van der Waals surface area contributed by atoms with Gasteiger partial charge in [-0.15, -0.1) is 0 Å². The van der Waals surface area contributed by atoms with Crippen LogP contribution in [0.2, 0.25) is 5.02 Å². The summed E-state index contributed by atoms with van der Waals surface area (Å²) < 4.78 is 13.1. The van der Waals surface area contributed by atoms with E-state index < -0.39 is 0 Å². The number of carbonyl (C=O) groups is 1. The number of likely N-dealkylation sites (N-methyl/N-ethyl adjacent to an activating group) is 1. The number of piperidine rings is 1. The van der Waals surface area contributed by atoms with Crippen LogP contribution in [0.3, 0.4) is 0 Å². The fourth-order valence-corrected chi connectivity index (χ4v) is 2.77. The average molecular weight is 271 g/mol. The van der Waals surface area contributed by atoms with Gasteiger partial charge in [-0.25, -0.2) is 4.39 Å². The lowest BCUT2D eigenvalue weighted by molar-refractivity contribution is -0.137. The molecule has 1 fully saturated rings. The lowest BCUT2D eigenvalue weighted by Crippen LogP contribution is -2.48. The van der Waals surface area contributed by atoms with Crippen LogP contribution in [0.15, 0.2) is 18.2 Å². The Balaban J connectivity index is 2.41. The van der Waals surface area contributed by atoms with Gasteiger partial charge in [0.25, 0.3) is 0 Å². The van der Waals surface area contributed by atoms with Crippen molar-refractivity contribution < 1.29 is 9.18 Å².